The lowest BCUT2D eigenvalue weighted by Gasteiger charge is -2.44. The summed E-state index contributed by atoms with van der Waals surface area (Å²) in [4.78, 5) is 9.99. The summed E-state index contributed by atoms with van der Waals surface area (Å²) in [5, 5.41) is 1.32. The molecule has 59 heavy (non-hydrogen) atoms. The number of rotatable bonds is 2. The van der Waals surface area contributed by atoms with Crippen LogP contribution in [0.1, 0.15) is 25.0 Å². The highest BCUT2D eigenvalue weighted by molar-refractivity contribution is 7.99. The monoisotopic (exact) mass is 789 g/mol. The Morgan fingerprint density at radius 3 is 1.81 bits per heavy atom. The van der Waals surface area contributed by atoms with E-state index in [4.69, 9.17) is 0 Å². The Hall–Kier alpha value is -6.47. The molecule has 0 saturated carbocycles. The molecule has 2 bridgehead atoms. The van der Waals surface area contributed by atoms with Crippen molar-refractivity contribution < 1.29 is 0 Å². The summed E-state index contributed by atoms with van der Waals surface area (Å²) in [6.07, 6.45) is 0. The zero-order valence-electron chi connectivity index (χ0n) is 32.6. The van der Waals surface area contributed by atoms with Crippen molar-refractivity contribution in [2.45, 2.75) is 29.1 Å². The van der Waals surface area contributed by atoms with Crippen LogP contribution in [0.25, 0.3) is 21.2 Å². The summed E-state index contributed by atoms with van der Waals surface area (Å²) in [7, 11) is 0. The molecule has 0 atom stereocenters. The van der Waals surface area contributed by atoms with Gasteiger partial charge in [-0.3, -0.25) is 0 Å². The van der Waals surface area contributed by atoms with Crippen LogP contribution in [0, 0.1) is 0 Å². The predicted molar refractivity (Wildman–Crippen MR) is 252 cm³/mol. The minimum Gasteiger partial charge on any atom is -0.310 e. The molecule has 9 aromatic rings. The molecule has 1 aliphatic carbocycles. The van der Waals surface area contributed by atoms with E-state index in [2.05, 4.69) is 211 Å². The molecule has 0 spiro atoms. The van der Waals surface area contributed by atoms with Gasteiger partial charge in [-0.1, -0.05) is 123 Å². The number of thiophene rings is 1. The number of para-hydroxylation sites is 4. The molecule has 0 fully saturated rings. The first-order valence-corrected chi connectivity index (χ1v) is 22.0. The first kappa shape index (κ1) is 33.5. The summed E-state index contributed by atoms with van der Waals surface area (Å²) in [5.74, 6) is 0. The molecule has 3 nitrogen and oxygen atoms in total. The van der Waals surface area contributed by atoms with E-state index in [1.807, 2.05) is 23.1 Å². The molecule has 1 aromatic heterocycles. The summed E-state index contributed by atoms with van der Waals surface area (Å²) in [5.41, 5.74) is 19.0. The van der Waals surface area contributed by atoms with Crippen LogP contribution in [0.4, 0.5) is 51.2 Å². The standard InChI is InChI=1S/C53H36BN3S2/c1-53(2)39-21-10-9-20-36(39)37-31-38-49(32-40(37)53)59-52-51(38)56(34-18-7-4-8-19-34)44-24-15-25-45-50(44)54(52)41-29-28-35-30-46(41)57(45)43-23-12-14-27-48(43)58-47-26-13-11-22-42(47)55(35)33-16-5-3-6-17-33/h3-32H,1-2H3. The minimum atomic E-state index is -0.0756. The fourth-order valence-corrected chi connectivity index (χ4v) is 12.8. The molecule has 0 unspecified atom stereocenters. The SMILES string of the molecule is CC1(C)c2ccccc2-c2cc3c4c(sc3cc21)B1c2ccc3cc2N(c2ccccc2Sc2ccccc2N3c2ccccc2)c2cccc(c21)N4c1ccccc1. The highest BCUT2D eigenvalue weighted by Crippen LogP contribution is 2.55. The lowest BCUT2D eigenvalue weighted by molar-refractivity contribution is 0.661. The number of nitrogens with zero attached hydrogens (tertiary/aromatic N) is 3. The maximum absolute atomic E-state index is 2.57. The Labute approximate surface area is 352 Å². The molecule has 0 saturated heterocycles. The van der Waals surface area contributed by atoms with Gasteiger partial charge < -0.3 is 14.7 Å². The van der Waals surface area contributed by atoms with Crippen molar-refractivity contribution in [3.63, 3.8) is 0 Å². The van der Waals surface area contributed by atoms with Gasteiger partial charge in [-0.2, -0.15) is 0 Å². The summed E-state index contributed by atoms with van der Waals surface area (Å²) < 4.78 is 2.74. The van der Waals surface area contributed by atoms with Crippen LogP contribution in [-0.2, 0) is 5.41 Å². The molecule has 0 amide bonds. The second-order valence-corrected chi connectivity index (χ2v) is 18.6. The van der Waals surface area contributed by atoms with Crippen LogP contribution in [0.5, 0.6) is 0 Å². The third-order valence-corrected chi connectivity index (χ3v) is 15.3. The van der Waals surface area contributed by atoms with Crippen molar-refractivity contribution >= 4 is 107 Å². The van der Waals surface area contributed by atoms with E-state index in [9.17, 15) is 0 Å². The molecular formula is C53H36BN3S2. The van der Waals surface area contributed by atoms with Crippen LogP contribution in [0.2, 0.25) is 0 Å². The first-order valence-electron chi connectivity index (χ1n) is 20.4. The average Bonchev–Trinajstić information content (AvgIpc) is 3.75. The molecule has 278 valence electrons. The second-order valence-electron chi connectivity index (χ2n) is 16.5. The molecule has 3 aliphatic heterocycles. The zero-order chi connectivity index (χ0) is 39.0. The Kier molecular flexibility index (Phi) is 6.97. The third-order valence-electron chi connectivity index (χ3n) is 13.0. The Morgan fingerprint density at radius 1 is 0.458 bits per heavy atom. The van der Waals surface area contributed by atoms with E-state index < -0.39 is 0 Å². The van der Waals surface area contributed by atoms with Crippen molar-refractivity contribution in [2.24, 2.45) is 0 Å². The zero-order valence-corrected chi connectivity index (χ0v) is 34.2. The van der Waals surface area contributed by atoms with Crippen molar-refractivity contribution in [3.05, 3.63) is 193 Å². The molecule has 4 aliphatic rings. The highest BCUT2D eigenvalue weighted by Gasteiger charge is 2.46. The van der Waals surface area contributed by atoms with Gasteiger partial charge in [0.15, 0.2) is 0 Å². The van der Waals surface area contributed by atoms with Gasteiger partial charge in [-0.25, -0.2) is 0 Å². The third kappa shape index (κ3) is 4.61. The van der Waals surface area contributed by atoms with E-state index in [1.165, 1.54) is 97.6 Å². The van der Waals surface area contributed by atoms with E-state index in [-0.39, 0.29) is 12.1 Å². The van der Waals surface area contributed by atoms with Crippen LogP contribution in [0.15, 0.2) is 192 Å². The Balaban J connectivity index is 1.13. The van der Waals surface area contributed by atoms with Crippen molar-refractivity contribution in [1.82, 2.24) is 0 Å². The highest BCUT2D eigenvalue weighted by atomic mass is 32.2. The smallest absolute Gasteiger partial charge is 0.264 e. The van der Waals surface area contributed by atoms with Crippen molar-refractivity contribution in [1.29, 1.82) is 0 Å². The molecule has 4 heterocycles. The van der Waals surface area contributed by atoms with Gasteiger partial charge in [0.2, 0.25) is 0 Å². The fourth-order valence-electron chi connectivity index (χ4n) is 10.4. The number of fused-ring (bicyclic) bond motifs is 13. The summed E-state index contributed by atoms with van der Waals surface area (Å²) in [6.45, 7) is 4.83. The van der Waals surface area contributed by atoms with Gasteiger partial charge in [-0.05, 0) is 118 Å². The molecule has 0 N–H and O–H groups in total. The van der Waals surface area contributed by atoms with Crippen molar-refractivity contribution in [3.8, 4) is 11.1 Å². The molecule has 8 aromatic carbocycles. The second kappa shape index (κ2) is 12.3. The van der Waals surface area contributed by atoms with Crippen LogP contribution in [0.3, 0.4) is 0 Å². The average molecular weight is 790 g/mol. The lowest BCUT2D eigenvalue weighted by Crippen LogP contribution is -2.60. The number of hydrogen-bond acceptors (Lipinski definition) is 5. The van der Waals surface area contributed by atoms with Crippen LogP contribution < -0.4 is 30.4 Å². The number of anilines is 9. The van der Waals surface area contributed by atoms with Gasteiger partial charge >= 0.3 is 0 Å². The van der Waals surface area contributed by atoms with Gasteiger partial charge in [-0.15, -0.1) is 11.3 Å². The van der Waals surface area contributed by atoms with Gasteiger partial charge in [0.25, 0.3) is 6.71 Å². The largest absolute Gasteiger partial charge is 0.310 e. The van der Waals surface area contributed by atoms with E-state index in [0.717, 1.165) is 11.4 Å². The summed E-state index contributed by atoms with van der Waals surface area (Å²) in [6, 6.07) is 67.9. The van der Waals surface area contributed by atoms with Gasteiger partial charge in [0, 0.05) is 64.2 Å². The molecule has 13 rings (SSSR count). The van der Waals surface area contributed by atoms with Gasteiger partial charge in [0.05, 0.1) is 17.1 Å². The van der Waals surface area contributed by atoms with E-state index in [1.54, 1.807) is 0 Å². The van der Waals surface area contributed by atoms with E-state index >= 15 is 0 Å². The fraction of sp³-hybridized carbons (Fsp3) is 0.0566. The maximum Gasteiger partial charge on any atom is 0.264 e. The lowest BCUT2D eigenvalue weighted by atomic mass is 9.36. The summed E-state index contributed by atoms with van der Waals surface area (Å²) >= 11 is 3.83. The topological polar surface area (TPSA) is 9.72 Å². The number of benzene rings is 8. The van der Waals surface area contributed by atoms with Crippen molar-refractivity contribution in [2.75, 3.05) is 14.7 Å². The predicted octanol–water partition coefficient (Wildman–Crippen LogP) is 13.2. The van der Waals surface area contributed by atoms with Gasteiger partial charge in [0.1, 0.15) is 0 Å². The normalized spacial score (nSPS) is 14.9. The van der Waals surface area contributed by atoms with E-state index in [0.29, 0.717) is 0 Å². The molecule has 6 heteroatoms. The molecule has 0 radical (unpaired) electrons. The number of hydrogen-bond donors (Lipinski definition) is 0. The minimum absolute atomic E-state index is 0.0456. The maximum atomic E-state index is 2.57. The Bertz CT molecular complexity index is 3210. The quantitative estimate of drug-likeness (QED) is 0.161. The molecular weight excluding hydrogens is 754 g/mol. The first-order chi connectivity index (χ1) is 29.0. The van der Waals surface area contributed by atoms with Crippen LogP contribution >= 0.6 is 23.1 Å². The van der Waals surface area contributed by atoms with Crippen LogP contribution in [-0.4, -0.2) is 6.71 Å². The Morgan fingerprint density at radius 2 is 1.07 bits per heavy atom.